The Balaban J connectivity index is 1.51. The molecule has 3 aliphatic heterocycles. The van der Waals surface area contributed by atoms with E-state index < -0.39 is 89.9 Å². The van der Waals surface area contributed by atoms with Crippen LogP contribution in [-0.2, 0) is 33.2 Å². The van der Waals surface area contributed by atoms with Crippen molar-refractivity contribution in [3.63, 3.8) is 0 Å². The fraction of sp³-hybridized carbons (Fsp3) is 0.796. The monoisotopic (exact) mass is 937 g/mol. The molecule has 4 heterocycles. The molecule has 7 unspecified atom stereocenters. The first-order valence-electron chi connectivity index (χ1n) is 23.8. The Kier molecular flexibility index (Phi) is 18.5. The summed E-state index contributed by atoms with van der Waals surface area (Å²) in [7, 11) is 5.61. The summed E-state index contributed by atoms with van der Waals surface area (Å²) in [5, 5.41) is 53.4. The lowest BCUT2D eigenvalue weighted by Gasteiger charge is -2.48. The van der Waals surface area contributed by atoms with Crippen LogP contribution in [0, 0.1) is 17.8 Å². The smallest absolute Gasteiger partial charge is 0.311 e. The van der Waals surface area contributed by atoms with E-state index in [-0.39, 0.29) is 37.3 Å². The lowest BCUT2D eigenvalue weighted by Crippen LogP contribution is -2.60. The Morgan fingerprint density at radius 2 is 1.68 bits per heavy atom. The first-order valence-corrected chi connectivity index (χ1v) is 24.2. The molecule has 3 saturated heterocycles. The van der Waals surface area contributed by atoms with Gasteiger partial charge in [-0.3, -0.25) is 14.7 Å². The van der Waals surface area contributed by atoms with Crippen molar-refractivity contribution in [1.29, 1.82) is 0 Å². The fourth-order valence-electron chi connectivity index (χ4n) is 10.6. The summed E-state index contributed by atoms with van der Waals surface area (Å²) in [6.45, 7) is 19.8. The van der Waals surface area contributed by atoms with Crippen LogP contribution in [0.25, 0.3) is 10.9 Å². The first kappa shape index (κ1) is 53.7. The van der Waals surface area contributed by atoms with Gasteiger partial charge in [-0.25, -0.2) is 0 Å². The highest BCUT2D eigenvalue weighted by Crippen LogP contribution is 2.40. The number of nitrogens with one attached hydrogen (secondary N) is 1. The molecule has 1 aromatic heterocycles. The number of anilines is 1. The predicted octanol–water partition coefficient (Wildman–Crippen LogP) is 6.00. The second-order valence-electron chi connectivity index (χ2n) is 20.4. The third-order valence-electron chi connectivity index (χ3n) is 14.6. The number of benzene rings is 1. The number of nitrogens with zero attached hydrogens (tertiary/aromatic N) is 3. The summed E-state index contributed by atoms with van der Waals surface area (Å²) < 4.78 is 38.5. The van der Waals surface area contributed by atoms with Gasteiger partial charge in [0, 0.05) is 79.9 Å². The second kappa shape index (κ2) is 22.5. The number of halogens is 1. The van der Waals surface area contributed by atoms with E-state index in [1.165, 1.54) is 14.0 Å². The maximum atomic E-state index is 14.6. The van der Waals surface area contributed by atoms with Crippen molar-refractivity contribution < 1.29 is 53.6 Å². The number of aliphatic hydroxyl groups is 4. The van der Waals surface area contributed by atoms with Crippen molar-refractivity contribution >= 4 is 34.2 Å². The van der Waals surface area contributed by atoms with Crippen LogP contribution in [0.4, 0.5) is 5.69 Å². The molecule has 17 atom stereocenters. The highest BCUT2D eigenvalue weighted by molar-refractivity contribution is 6.31. The van der Waals surface area contributed by atoms with Gasteiger partial charge in [0.2, 0.25) is 0 Å². The summed E-state index contributed by atoms with van der Waals surface area (Å²) in [6, 6.07) is 7.14. The third-order valence-corrected chi connectivity index (χ3v) is 14.8. The van der Waals surface area contributed by atoms with Crippen molar-refractivity contribution in [3.05, 3.63) is 35.5 Å². The zero-order valence-corrected chi connectivity index (χ0v) is 42.0. The molecule has 3 fully saturated rings. The molecule has 0 aliphatic carbocycles. The molecular weight excluding hydrogens is 856 g/mol. The van der Waals surface area contributed by atoms with Crippen LogP contribution in [0.3, 0.4) is 0 Å². The number of ether oxygens (including phenoxy) is 6. The quantitative estimate of drug-likeness (QED) is 0.123. The predicted molar refractivity (Wildman–Crippen MR) is 252 cm³/mol. The number of esters is 1. The highest BCUT2D eigenvalue weighted by atomic mass is 35.5. The van der Waals surface area contributed by atoms with Gasteiger partial charge in [-0.2, -0.15) is 0 Å². The maximum absolute atomic E-state index is 14.6. The van der Waals surface area contributed by atoms with E-state index in [2.05, 4.69) is 27.0 Å². The maximum Gasteiger partial charge on any atom is 0.311 e. The zero-order chi connectivity index (χ0) is 48.2. The molecule has 5 N–H and O–H groups in total. The Morgan fingerprint density at radius 3 is 2.34 bits per heavy atom. The van der Waals surface area contributed by atoms with Crippen LogP contribution in [0.1, 0.15) is 108 Å². The first-order chi connectivity index (χ1) is 30.4. The normalized spacial score (nSPS) is 40.9. The van der Waals surface area contributed by atoms with E-state index in [0.717, 1.165) is 23.0 Å². The summed E-state index contributed by atoms with van der Waals surface area (Å²) in [6.07, 6.45) is -3.14. The molecule has 3 aliphatic rings. The Hall–Kier alpha value is -2.25. The van der Waals surface area contributed by atoms with Gasteiger partial charge >= 0.3 is 5.97 Å². The minimum absolute atomic E-state index is 0.107. The van der Waals surface area contributed by atoms with Gasteiger partial charge in [-0.1, -0.05) is 32.4 Å². The number of carbonyl (C=O) groups excluding carboxylic acids is 1. The topological polar surface area (TPSA) is 185 Å². The van der Waals surface area contributed by atoms with Gasteiger partial charge in [0.25, 0.3) is 0 Å². The van der Waals surface area contributed by atoms with Gasteiger partial charge in [-0.05, 0) is 118 Å². The summed E-state index contributed by atoms with van der Waals surface area (Å²) in [5.74, 6) is -2.46. The standard InChI is InChI=1S/C49H81ClN4O11/c1-14-39-49(10,59)43(55)32(6)54(21-15-19-51-37-18-20-52-38-23-34(50)16-17-36(37)38)27-28(2)25-47(8,58)45(65-40-24-35(53(11)12)22-29(3)61-40)30(4)42(31(5)46(57)63-39)64-41-26-48(9,60-13)44(56)33(7)62-41/h16-18,20,23,28-33,35,39-45,55-56,58-59H,14-15,19,21-22,24-27H2,1-13H3,(H,51,52)/t28-,29?,30+,31?,32-,33+,35?,39-,40?,41+,42+,43?,44+,45-,47?,48?,49-/m1/s1. The van der Waals surface area contributed by atoms with E-state index in [4.69, 9.17) is 40.0 Å². The van der Waals surface area contributed by atoms with Crippen LogP contribution in [0.15, 0.2) is 30.5 Å². The van der Waals surface area contributed by atoms with Crippen LogP contribution in [0.2, 0.25) is 5.02 Å². The van der Waals surface area contributed by atoms with Gasteiger partial charge in [0.15, 0.2) is 12.6 Å². The number of cyclic esters (lactones) is 1. The van der Waals surface area contributed by atoms with E-state index in [0.29, 0.717) is 37.5 Å². The van der Waals surface area contributed by atoms with Crippen molar-refractivity contribution in [2.75, 3.05) is 46.2 Å². The lowest BCUT2D eigenvalue weighted by molar-refractivity contribution is -0.308. The minimum Gasteiger partial charge on any atom is -0.459 e. The number of methoxy groups -OCH3 is 1. The Labute approximate surface area is 392 Å². The average molecular weight is 938 g/mol. The van der Waals surface area contributed by atoms with Crippen LogP contribution < -0.4 is 5.32 Å². The Morgan fingerprint density at radius 1 is 0.969 bits per heavy atom. The van der Waals surface area contributed by atoms with E-state index in [9.17, 15) is 25.2 Å². The van der Waals surface area contributed by atoms with Crippen LogP contribution in [0.5, 0.6) is 0 Å². The Bertz CT molecular complexity index is 1840. The van der Waals surface area contributed by atoms with E-state index in [1.54, 1.807) is 33.9 Å². The molecule has 0 radical (unpaired) electrons. The third kappa shape index (κ3) is 12.9. The zero-order valence-electron chi connectivity index (χ0n) is 41.2. The largest absolute Gasteiger partial charge is 0.459 e. The number of rotatable bonds is 12. The molecule has 15 nitrogen and oxygen atoms in total. The van der Waals surface area contributed by atoms with Crippen LogP contribution in [-0.4, -0.2) is 166 Å². The number of hydrogen-bond donors (Lipinski definition) is 5. The minimum atomic E-state index is -1.85. The SMILES string of the molecule is CC[C@H]1OC(=O)C(C)[C@@H](O[C@H]2CC(C)(OC)[C@@H](O)[C@H](C)O2)[C@H](C)[C@@H](OC2CC(N(C)C)CC(C)O2)C(C)(O)C[C@@H](C)CN(CCCNc2ccnc3cc(Cl)ccc23)[C@H](C)C(O)[C@]1(C)O. The number of hydrogen-bond acceptors (Lipinski definition) is 15. The average Bonchev–Trinajstić information content (AvgIpc) is 3.24. The molecule has 16 heteroatoms. The highest BCUT2D eigenvalue weighted by Gasteiger charge is 2.52. The number of aliphatic hydroxyl groups excluding tert-OH is 2. The molecule has 0 saturated carbocycles. The molecule has 2 aromatic rings. The van der Waals surface area contributed by atoms with E-state index in [1.807, 2.05) is 66.1 Å². The van der Waals surface area contributed by atoms with Crippen molar-refractivity contribution in [1.82, 2.24) is 14.8 Å². The number of carbonyl (C=O) groups is 1. The molecule has 5 rings (SSSR count). The summed E-state index contributed by atoms with van der Waals surface area (Å²) >= 11 is 6.25. The second-order valence-corrected chi connectivity index (χ2v) is 20.8. The number of aromatic nitrogens is 1. The van der Waals surface area contributed by atoms with Crippen molar-refractivity contribution in [2.24, 2.45) is 17.8 Å². The van der Waals surface area contributed by atoms with Gasteiger partial charge < -0.3 is 59.1 Å². The van der Waals surface area contributed by atoms with Crippen LogP contribution >= 0.6 is 11.6 Å². The number of pyridine rings is 1. The van der Waals surface area contributed by atoms with Gasteiger partial charge in [0.1, 0.15) is 23.9 Å². The molecule has 65 heavy (non-hydrogen) atoms. The molecule has 0 spiro atoms. The van der Waals surface area contributed by atoms with Crippen molar-refractivity contribution in [3.8, 4) is 0 Å². The lowest BCUT2D eigenvalue weighted by atomic mass is 9.77. The summed E-state index contributed by atoms with van der Waals surface area (Å²) in [5.41, 5.74) is -2.65. The summed E-state index contributed by atoms with van der Waals surface area (Å²) in [4.78, 5) is 23.3. The molecule has 370 valence electrons. The van der Waals surface area contributed by atoms with E-state index >= 15 is 0 Å². The van der Waals surface area contributed by atoms with Gasteiger partial charge in [-0.15, -0.1) is 0 Å². The molecule has 1 aromatic carbocycles. The molecule has 0 bridgehead atoms. The van der Waals surface area contributed by atoms with Crippen molar-refractivity contribution in [2.45, 2.75) is 192 Å². The molecule has 0 amide bonds. The molecular formula is C49H81ClN4O11. The fourth-order valence-corrected chi connectivity index (χ4v) is 10.8. The van der Waals surface area contributed by atoms with Gasteiger partial charge in [0.05, 0.1) is 47.1 Å². The number of fused-ring (bicyclic) bond motifs is 1.